The maximum absolute atomic E-state index is 10.4. The van der Waals surface area contributed by atoms with Crippen LogP contribution in [0, 0.1) is 11.8 Å². The molecular weight excluding hydrogens is 162 g/mol. The van der Waals surface area contributed by atoms with Gasteiger partial charge in [-0.1, -0.05) is 13.8 Å². The summed E-state index contributed by atoms with van der Waals surface area (Å²) in [6.07, 6.45) is 4.89. The van der Waals surface area contributed by atoms with Gasteiger partial charge in [-0.05, 0) is 44.2 Å². The van der Waals surface area contributed by atoms with Crippen molar-refractivity contribution in [2.75, 3.05) is 19.6 Å². The molecule has 1 aliphatic heterocycles. The lowest BCUT2D eigenvalue weighted by molar-refractivity contribution is -0.108. The van der Waals surface area contributed by atoms with Crippen LogP contribution in [-0.4, -0.2) is 30.8 Å². The quantitative estimate of drug-likeness (QED) is 0.623. The summed E-state index contributed by atoms with van der Waals surface area (Å²) in [5.74, 6) is 1.67. The fourth-order valence-corrected chi connectivity index (χ4v) is 2.14. The molecule has 0 bridgehead atoms. The van der Waals surface area contributed by atoms with E-state index in [1.807, 2.05) is 0 Å². The molecule has 1 atom stereocenters. The molecule has 1 fully saturated rings. The smallest absolute Gasteiger partial charge is 0.133 e. The van der Waals surface area contributed by atoms with E-state index in [4.69, 9.17) is 0 Å². The highest BCUT2D eigenvalue weighted by atomic mass is 16.1. The zero-order valence-corrected chi connectivity index (χ0v) is 8.83. The van der Waals surface area contributed by atoms with Gasteiger partial charge in [0.1, 0.15) is 6.29 Å². The number of rotatable bonds is 3. The molecule has 0 aliphatic carbocycles. The van der Waals surface area contributed by atoms with Gasteiger partial charge in [0.05, 0.1) is 6.54 Å². The van der Waals surface area contributed by atoms with Crippen LogP contribution in [0.4, 0.5) is 0 Å². The summed E-state index contributed by atoms with van der Waals surface area (Å²) in [5.41, 5.74) is 0. The summed E-state index contributed by atoms with van der Waals surface area (Å²) in [6.45, 7) is 7.47. The fraction of sp³-hybridized carbons (Fsp3) is 0.909. The van der Waals surface area contributed by atoms with Gasteiger partial charge >= 0.3 is 0 Å². The summed E-state index contributed by atoms with van der Waals surface area (Å²) in [5, 5.41) is 0. The number of aldehydes is 1. The normalized spacial score (nSPS) is 25.9. The number of hydrogen-bond acceptors (Lipinski definition) is 2. The van der Waals surface area contributed by atoms with Crippen LogP contribution in [0.25, 0.3) is 0 Å². The van der Waals surface area contributed by atoms with E-state index in [-0.39, 0.29) is 0 Å². The second kappa shape index (κ2) is 5.38. The summed E-state index contributed by atoms with van der Waals surface area (Å²) in [7, 11) is 0. The maximum atomic E-state index is 10.4. The summed E-state index contributed by atoms with van der Waals surface area (Å²) < 4.78 is 0. The van der Waals surface area contributed by atoms with Crippen molar-refractivity contribution >= 4 is 6.29 Å². The highest BCUT2D eigenvalue weighted by molar-refractivity contribution is 5.51. The van der Waals surface area contributed by atoms with Crippen molar-refractivity contribution in [2.45, 2.75) is 33.1 Å². The van der Waals surface area contributed by atoms with Crippen LogP contribution in [0.15, 0.2) is 0 Å². The van der Waals surface area contributed by atoms with Gasteiger partial charge in [-0.2, -0.15) is 0 Å². The molecule has 1 heterocycles. The standard InChI is InChI=1S/C11H21NO/c1-10(2)11-4-3-6-12(7-5-11)8-9-13/h9-11H,3-8H2,1-2H3. The third-order valence-corrected chi connectivity index (χ3v) is 3.14. The molecule has 1 unspecified atom stereocenters. The van der Waals surface area contributed by atoms with Crippen LogP contribution in [0.5, 0.6) is 0 Å². The molecule has 1 aliphatic rings. The first-order chi connectivity index (χ1) is 6.24. The molecule has 0 N–H and O–H groups in total. The van der Waals surface area contributed by atoms with Crippen LogP contribution < -0.4 is 0 Å². The molecule has 1 saturated heterocycles. The predicted octanol–water partition coefficient (Wildman–Crippen LogP) is 1.94. The zero-order chi connectivity index (χ0) is 9.68. The molecule has 1 rings (SSSR count). The first-order valence-corrected chi connectivity index (χ1v) is 5.40. The Morgan fingerprint density at radius 3 is 2.77 bits per heavy atom. The van der Waals surface area contributed by atoms with E-state index in [1.165, 1.54) is 19.3 Å². The van der Waals surface area contributed by atoms with Gasteiger partial charge in [0.2, 0.25) is 0 Å². The molecule has 0 aromatic heterocycles. The van der Waals surface area contributed by atoms with Gasteiger partial charge in [0.15, 0.2) is 0 Å². The fourth-order valence-electron chi connectivity index (χ4n) is 2.14. The Labute approximate surface area is 81.3 Å². The lowest BCUT2D eigenvalue weighted by atomic mass is 9.89. The zero-order valence-electron chi connectivity index (χ0n) is 8.83. The van der Waals surface area contributed by atoms with Gasteiger partial charge < -0.3 is 4.79 Å². The Balaban J connectivity index is 2.34. The third kappa shape index (κ3) is 3.47. The topological polar surface area (TPSA) is 20.3 Å². The minimum absolute atomic E-state index is 0.630. The van der Waals surface area contributed by atoms with Gasteiger partial charge in [0.25, 0.3) is 0 Å². The third-order valence-electron chi connectivity index (χ3n) is 3.14. The maximum Gasteiger partial charge on any atom is 0.133 e. The minimum Gasteiger partial charge on any atom is -0.302 e. The Kier molecular flexibility index (Phi) is 4.43. The van der Waals surface area contributed by atoms with Crippen LogP contribution in [0.2, 0.25) is 0 Å². The molecule has 76 valence electrons. The number of hydrogen-bond donors (Lipinski definition) is 0. The Morgan fingerprint density at radius 1 is 1.38 bits per heavy atom. The van der Waals surface area contributed by atoms with Crippen molar-refractivity contribution in [1.82, 2.24) is 4.90 Å². The van der Waals surface area contributed by atoms with Crippen molar-refractivity contribution in [3.05, 3.63) is 0 Å². The highest BCUT2D eigenvalue weighted by Gasteiger charge is 2.18. The molecule has 0 radical (unpaired) electrons. The van der Waals surface area contributed by atoms with Gasteiger partial charge in [0, 0.05) is 0 Å². The molecule has 2 nitrogen and oxygen atoms in total. The second-order valence-electron chi connectivity index (χ2n) is 4.40. The van der Waals surface area contributed by atoms with Gasteiger partial charge in [-0.25, -0.2) is 0 Å². The Bertz CT molecular complexity index is 156. The van der Waals surface area contributed by atoms with Crippen LogP contribution in [-0.2, 0) is 4.79 Å². The van der Waals surface area contributed by atoms with Gasteiger partial charge in [-0.15, -0.1) is 0 Å². The molecule has 13 heavy (non-hydrogen) atoms. The van der Waals surface area contributed by atoms with E-state index in [2.05, 4.69) is 18.7 Å². The number of likely N-dealkylation sites (tertiary alicyclic amines) is 1. The monoisotopic (exact) mass is 183 g/mol. The van der Waals surface area contributed by atoms with Crippen LogP contribution in [0.3, 0.4) is 0 Å². The first-order valence-electron chi connectivity index (χ1n) is 5.40. The SMILES string of the molecule is CC(C)C1CCCN(CC=O)CC1. The summed E-state index contributed by atoms with van der Waals surface area (Å²) in [4.78, 5) is 12.6. The molecule has 0 aromatic rings. The molecular formula is C11H21NO. The van der Waals surface area contributed by atoms with Crippen molar-refractivity contribution in [3.63, 3.8) is 0 Å². The van der Waals surface area contributed by atoms with Crippen molar-refractivity contribution in [2.24, 2.45) is 11.8 Å². The van der Waals surface area contributed by atoms with E-state index in [0.717, 1.165) is 31.2 Å². The van der Waals surface area contributed by atoms with Crippen molar-refractivity contribution < 1.29 is 4.79 Å². The van der Waals surface area contributed by atoms with Crippen molar-refractivity contribution in [3.8, 4) is 0 Å². The Hall–Kier alpha value is -0.370. The van der Waals surface area contributed by atoms with E-state index < -0.39 is 0 Å². The van der Waals surface area contributed by atoms with E-state index >= 15 is 0 Å². The Morgan fingerprint density at radius 2 is 2.15 bits per heavy atom. The number of nitrogens with zero attached hydrogens (tertiary/aromatic N) is 1. The number of carbonyl (C=O) groups is 1. The molecule has 0 aromatic carbocycles. The molecule has 0 saturated carbocycles. The number of carbonyl (C=O) groups excluding carboxylic acids is 1. The average molecular weight is 183 g/mol. The summed E-state index contributed by atoms with van der Waals surface area (Å²) >= 11 is 0. The average Bonchev–Trinajstić information content (AvgIpc) is 2.30. The highest BCUT2D eigenvalue weighted by Crippen LogP contribution is 2.24. The van der Waals surface area contributed by atoms with Gasteiger partial charge in [-0.3, -0.25) is 4.90 Å². The van der Waals surface area contributed by atoms with E-state index in [1.54, 1.807) is 0 Å². The largest absolute Gasteiger partial charge is 0.302 e. The minimum atomic E-state index is 0.630. The van der Waals surface area contributed by atoms with E-state index in [9.17, 15) is 4.79 Å². The van der Waals surface area contributed by atoms with Crippen LogP contribution in [0.1, 0.15) is 33.1 Å². The first kappa shape index (κ1) is 10.7. The molecule has 2 heteroatoms. The van der Waals surface area contributed by atoms with Crippen LogP contribution >= 0.6 is 0 Å². The molecule has 0 amide bonds. The lowest BCUT2D eigenvalue weighted by Crippen LogP contribution is -2.26. The van der Waals surface area contributed by atoms with Crippen molar-refractivity contribution in [1.29, 1.82) is 0 Å². The summed E-state index contributed by atoms with van der Waals surface area (Å²) in [6, 6.07) is 0. The van der Waals surface area contributed by atoms with E-state index in [0.29, 0.717) is 6.54 Å². The predicted molar refractivity (Wildman–Crippen MR) is 54.7 cm³/mol. The second-order valence-corrected chi connectivity index (χ2v) is 4.40. The molecule has 0 spiro atoms. The lowest BCUT2D eigenvalue weighted by Gasteiger charge is -2.19.